The fourth-order valence-electron chi connectivity index (χ4n) is 2.76. The SMILES string of the molecule is Nc1cc(-c2ccc(C(=O)NCCN3CCCC3)cc2)ncn1. The predicted molar refractivity (Wildman–Crippen MR) is 89.9 cm³/mol. The van der Waals surface area contributed by atoms with Gasteiger partial charge in [-0.2, -0.15) is 0 Å². The van der Waals surface area contributed by atoms with Crippen LogP contribution in [0.1, 0.15) is 23.2 Å². The number of rotatable bonds is 5. The molecule has 0 bridgehead atoms. The van der Waals surface area contributed by atoms with Crippen LogP contribution in [-0.4, -0.2) is 47.0 Å². The maximum atomic E-state index is 12.1. The van der Waals surface area contributed by atoms with E-state index in [1.165, 1.54) is 19.2 Å². The van der Waals surface area contributed by atoms with Gasteiger partial charge in [-0.05, 0) is 38.1 Å². The molecule has 1 fully saturated rings. The summed E-state index contributed by atoms with van der Waals surface area (Å²) in [7, 11) is 0. The van der Waals surface area contributed by atoms with E-state index in [2.05, 4.69) is 20.2 Å². The minimum atomic E-state index is -0.0436. The number of nitrogens with two attached hydrogens (primary N) is 1. The Balaban J connectivity index is 1.56. The average Bonchev–Trinajstić information content (AvgIpc) is 3.08. The summed E-state index contributed by atoms with van der Waals surface area (Å²) >= 11 is 0. The van der Waals surface area contributed by atoms with Crippen molar-refractivity contribution in [1.29, 1.82) is 0 Å². The summed E-state index contributed by atoms with van der Waals surface area (Å²) in [5.41, 5.74) is 7.97. The van der Waals surface area contributed by atoms with Gasteiger partial charge in [-0.3, -0.25) is 4.79 Å². The van der Waals surface area contributed by atoms with Crippen molar-refractivity contribution in [2.75, 3.05) is 31.9 Å². The summed E-state index contributed by atoms with van der Waals surface area (Å²) < 4.78 is 0. The van der Waals surface area contributed by atoms with Gasteiger partial charge in [0.05, 0.1) is 5.69 Å². The molecular formula is C17H21N5O. The number of likely N-dealkylation sites (tertiary alicyclic amines) is 1. The lowest BCUT2D eigenvalue weighted by atomic mass is 10.1. The molecule has 1 aromatic carbocycles. The number of anilines is 1. The van der Waals surface area contributed by atoms with Crippen LogP contribution in [0.15, 0.2) is 36.7 Å². The molecular weight excluding hydrogens is 290 g/mol. The average molecular weight is 311 g/mol. The third kappa shape index (κ3) is 4.04. The Morgan fingerprint density at radius 2 is 1.91 bits per heavy atom. The van der Waals surface area contributed by atoms with Crippen molar-refractivity contribution >= 4 is 11.7 Å². The number of carbonyl (C=O) groups excluding carboxylic acids is 1. The van der Waals surface area contributed by atoms with Gasteiger partial charge in [0.2, 0.25) is 0 Å². The second kappa shape index (κ2) is 7.19. The van der Waals surface area contributed by atoms with E-state index in [4.69, 9.17) is 5.73 Å². The first kappa shape index (κ1) is 15.4. The number of nitrogens with one attached hydrogen (secondary N) is 1. The second-order valence-electron chi connectivity index (χ2n) is 5.71. The first-order valence-corrected chi connectivity index (χ1v) is 7.91. The van der Waals surface area contributed by atoms with Crippen LogP contribution in [0.4, 0.5) is 5.82 Å². The Hall–Kier alpha value is -2.47. The molecule has 1 amide bonds. The molecule has 6 heteroatoms. The number of nitrogens with zero attached hydrogens (tertiary/aromatic N) is 3. The molecule has 0 aliphatic carbocycles. The van der Waals surface area contributed by atoms with E-state index < -0.39 is 0 Å². The maximum absolute atomic E-state index is 12.1. The molecule has 0 saturated carbocycles. The molecule has 0 unspecified atom stereocenters. The summed E-state index contributed by atoms with van der Waals surface area (Å²) in [6.07, 6.45) is 3.97. The van der Waals surface area contributed by atoms with Crippen molar-refractivity contribution in [1.82, 2.24) is 20.2 Å². The Morgan fingerprint density at radius 3 is 2.61 bits per heavy atom. The zero-order chi connectivity index (χ0) is 16.1. The number of amides is 1. The molecule has 2 aromatic rings. The molecule has 3 N–H and O–H groups in total. The molecule has 1 saturated heterocycles. The highest BCUT2D eigenvalue weighted by Crippen LogP contribution is 2.18. The van der Waals surface area contributed by atoms with E-state index in [0.717, 1.165) is 30.9 Å². The highest BCUT2D eigenvalue weighted by molar-refractivity contribution is 5.94. The maximum Gasteiger partial charge on any atom is 0.251 e. The standard InChI is InChI=1S/C17H21N5O/c18-16-11-15(20-12-21-16)13-3-5-14(6-4-13)17(23)19-7-10-22-8-1-2-9-22/h3-6,11-12H,1-2,7-10H2,(H,19,23)(H2,18,20,21). The minimum Gasteiger partial charge on any atom is -0.384 e. The number of aromatic nitrogens is 2. The third-order valence-corrected chi connectivity index (χ3v) is 4.04. The van der Waals surface area contributed by atoms with Gasteiger partial charge in [-0.1, -0.05) is 12.1 Å². The van der Waals surface area contributed by atoms with E-state index in [0.29, 0.717) is 17.9 Å². The Kier molecular flexibility index (Phi) is 4.83. The Morgan fingerprint density at radius 1 is 1.17 bits per heavy atom. The molecule has 1 aliphatic rings. The van der Waals surface area contributed by atoms with E-state index in [1.807, 2.05) is 12.1 Å². The third-order valence-electron chi connectivity index (χ3n) is 4.04. The van der Waals surface area contributed by atoms with Crippen molar-refractivity contribution in [2.45, 2.75) is 12.8 Å². The lowest BCUT2D eigenvalue weighted by Crippen LogP contribution is -2.33. The molecule has 0 atom stereocenters. The molecule has 3 rings (SSSR count). The van der Waals surface area contributed by atoms with E-state index in [1.54, 1.807) is 18.2 Å². The molecule has 23 heavy (non-hydrogen) atoms. The molecule has 1 aliphatic heterocycles. The van der Waals surface area contributed by atoms with Gasteiger partial charge in [0.25, 0.3) is 5.91 Å². The fraction of sp³-hybridized carbons (Fsp3) is 0.353. The van der Waals surface area contributed by atoms with Crippen LogP contribution in [0.3, 0.4) is 0 Å². The summed E-state index contributed by atoms with van der Waals surface area (Å²) in [5, 5.41) is 2.97. The molecule has 0 spiro atoms. The van der Waals surface area contributed by atoms with Crippen LogP contribution in [0.25, 0.3) is 11.3 Å². The van der Waals surface area contributed by atoms with Crippen molar-refractivity contribution in [2.24, 2.45) is 0 Å². The Labute approximate surface area is 135 Å². The smallest absolute Gasteiger partial charge is 0.251 e. The number of hydrogen-bond acceptors (Lipinski definition) is 5. The molecule has 0 radical (unpaired) electrons. The quantitative estimate of drug-likeness (QED) is 0.875. The highest BCUT2D eigenvalue weighted by atomic mass is 16.1. The monoisotopic (exact) mass is 311 g/mol. The molecule has 120 valence electrons. The van der Waals surface area contributed by atoms with Crippen LogP contribution in [0, 0.1) is 0 Å². The van der Waals surface area contributed by atoms with Gasteiger partial charge in [-0.25, -0.2) is 9.97 Å². The van der Waals surface area contributed by atoms with Gasteiger partial charge < -0.3 is 16.0 Å². The van der Waals surface area contributed by atoms with Crippen LogP contribution < -0.4 is 11.1 Å². The minimum absolute atomic E-state index is 0.0436. The zero-order valence-corrected chi connectivity index (χ0v) is 13.0. The van der Waals surface area contributed by atoms with Crippen molar-refractivity contribution in [3.05, 3.63) is 42.2 Å². The van der Waals surface area contributed by atoms with Crippen LogP contribution in [0.5, 0.6) is 0 Å². The van der Waals surface area contributed by atoms with Crippen LogP contribution in [0.2, 0.25) is 0 Å². The van der Waals surface area contributed by atoms with Gasteiger partial charge in [0.1, 0.15) is 12.1 Å². The van der Waals surface area contributed by atoms with Crippen molar-refractivity contribution < 1.29 is 4.79 Å². The van der Waals surface area contributed by atoms with Crippen LogP contribution >= 0.6 is 0 Å². The largest absolute Gasteiger partial charge is 0.384 e. The number of nitrogen functional groups attached to an aromatic ring is 1. The topological polar surface area (TPSA) is 84.1 Å². The summed E-state index contributed by atoms with van der Waals surface area (Å²) in [4.78, 5) is 22.6. The van der Waals surface area contributed by atoms with Crippen molar-refractivity contribution in [3.63, 3.8) is 0 Å². The number of hydrogen-bond donors (Lipinski definition) is 2. The lowest BCUT2D eigenvalue weighted by Gasteiger charge is -2.14. The van der Waals surface area contributed by atoms with Crippen LogP contribution in [-0.2, 0) is 0 Å². The van der Waals surface area contributed by atoms with Gasteiger partial charge in [0, 0.05) is 30.3 Å². The predicted octanol–water partition coefficient (Wildman–Crippen LogP) is 1.55. The molecule has 1 aromatic heterocycles. The normalized spacial score (nSPS) is 14.8. The summed E-state index contributed by atoms with van der Waals surface area (Å²) in [5.74, 6) is 0.386. The second-order valence-corrected chi connectivity index (χ2v) is 5.71. The zero-order valence-electron chi connectivity index (χ0n) is 13.0. The summed E-state index contributed by atoms with van der Waals surface area (Å²) in [6, 6.07) is 9.07. The molecule has 2 heterocycles. The first-order chi connectivity index (χ1) is 11.2. The number of carbonyl (C=O) groups is 1. The lowest BCUT2D eigenvalue weighted by molar-refractivity contribution is 0.0950. The summed E-state index contributed by atoms with van der Waals surface area (Å²) in [6.45, 7) is 3.90. The van der Waals surface area contributed by atoms with E-state index in [-0.39, 0.29) is 5.91 Å². The fourth-order valence-corrected chi connectivity index (χ4v) is 2.76. The Bertz CT molecular complexity index is 665. The van der Waals surface area contributed by atoms with E-state index >= 15 is 0 Å². The van der Waals surface area contributed by atoms with Gasteiger partial charge in [-0.15, -0.1) is 0 Å². The van der Waals surface area contributed by atoms with E-state index in [9.17, 15) is 4.79 Å². The first-order valence-electron chi connectivity index (χ1n) is 7.91. The van der Waals surface area contributed by atoms with Gasteiger partial charge >= 0.3 is 0 Å². The van der Waals surface area contributed by atoms with Crippen molar-refractivity contribution in [3.8, 4) is 11.3 Å². The van der Waals surface area contributed by atoms with Gasteiger partial charge in [0.15, 0.2) is 0 Å². The molecule has 6 nitrogen and oxygen atoms in total. The number of benzene rings is 1. The highest BCUT2D eigenvalue weighted by Gasteiger charge is 2.12.